The van der Waals surface area contributed by atoms with Gasteiger partial charge in [-0.15, -0.1) is 0 Å². The molecule has 0 aromatic carbocycles. The van der Waals surface area contributed by atoms with Crippen LogP contribution in [-0.4, -0.2) is 67.8 Å². The number of fused-ring (bicyclic) bond motifs is 3. The number of pyridine rings is 1. The third-order valence-corrected chi connectivity index (χ3v) is 6.15. The van der Waals surface area contributed by atoms with Crippen LogP contribution in [0.4, 0.5) is 0 Å². The van der Waals surface area contributed by atoms with Gasteiger partial charge in [-0.25, -0.2) is 15.0 Å². The summed E-state index contributed by atoms with van der Waals surface area (Å²) < 4.78 is 8.04. The van der Waals surface area contributed by atoms with Crippen molar-refractivity contribution in [1.29, 1.82) is 0 Å². The monoisotopic (exact) mass is 440 g/mol. The minimum atomic E-state index is -1.34. The van der Waals surface area contributed by atoms with Gasteiger partial charge in [0.1, 0.15) is 5.52 Å². The maximum absolute atomic E-state index is 12.9. The second-order valence-corrected chi connectivity index (χ2v) is 9.60. The highest BCUT2D eigenvalue weighted by atomic mass is 16.6. The summed E-state index contributed by atoms with van der Waals surface area (Å²) in [6, 6.07) is 1.85. The summed E-state index contributed by atoms with van der Waals surface area (Å²) in [6.07, 6.45) is 3.36. The number of imidazole rings is 1. The van der Waals surface area contributed by atoms with E-state index in [0.29, 0.717) is 6.42 Å². The van der Waals surface area contributed by atoms with Gasteiger partial charge >= 0.3 is 0 Å². The smallest absolute Gasteiger partial charge is 0.250 e. The second-order valence-electron chi connectivity index (χ2n) is 9.60. The van der Waals surface area contributed by atoms with E-state index in [1.165, 1.54) is 6.34 Å². The Morgan fingerprint density at radius 2 is 2.12 bits per heavy atom. The Morgan fingerprint density at radius 1 is 1.41 bits per heavy atom. The molecular formula is C23H32N6O3. The van der Waals surface area contributed by atoms with E-state index >= 15 is 0 Å². The molecule has 32 heavy (non-hydrogen) atoms. The molecule has 0 aliphatic heterocycles. The van der Waals surface area contributed by atoms with Crippen LogP contribution in [0.2, 0.25) is 0 Å². The number of aliphatic hydroxyl groups is 1. The maximum atomic E-state index is 12.9. The van der Waals surface area contributed by atoms with Crippen molar-refractivity contribution in [3.05, 3.63) is 23.8 Å². The zero-order valence-electron chi connectivity index (χ0n) is 19.7. The molecule has 1 aliphatic rings. The molecule has 1 saturated carbocycles. The van der Waals surface area contributed by atoms with Crippen LogP contribution < -0.4 is 0 Å². The predicted octanol–water partition coefficient (Wildman–Crippen LogP) is 2.96. The number of rotatable bonds is 5. The van der Waals surface area contributed by atoms with Crippen LogP contribution in [0.3, 0.4) is 0 Å². The zero-order chi connectivity index (χ0) is 23.4. The van der Waals surface area contributed by atoms with Crippen molar-refractivity contribution in [3.8, 4) is 0 Å². The molecule has 172 valence electrons. The minimum absolute atomic E-state index is 0.0882. The van der Waals surface area contributed by atoms with Gasteiger partial charge < -0.3 is 24.3 Å². The van der Waals surface area contributed by atoms with Crippen molar-refractivity contribution in [2.24, 2.45) is 16.8 Å². The molecule has 4 atom stereocenters. The highest BCUT2D eigenvalue weighted by Gasteiger charge is 2.47. The molecule has 2 unspecified atom stereocenters. The largest absolute Gasteiger partial charge is 0.369 e. The van der Waals surface area contributed by atoms with Gasteiger partial charge in [-0.3, -0.25) is 4.79 Å². The summed E-state index contributed by atoms with van der Waals surface area (Å²) in [7, 11) is 3.65. The third-order valence-electron chi connectivity index (χ3n) is 6.15. The molecule has 1 fully saturated rings. The highest BCUT2D eigenvalue weighted by molar-refractivity contribution is 6.01. The topological polar surface area (TPSA) is 109 Å². The van der Waals surface area contributed by atoms with Gasteiger partial charge in [0.05, 0.1) is 30.3 Å². The van der Waals surface area contributed by atoms with Crippen molar-refractivity contribution >= 4 is 34.3 Å². The molecule has 3 heterocycles. The lowest BCUT2D eigenvalue weighted by molar-refractivity contribution is -0.211. The molecule has 3 aromatic heterocycles. The molecule has 4 rings (SSSR count). The molecule has 2 N–H and O–H groups in total. The molecule has 9 heteroatoms. The van der Waals surface area contributed by atoms with E-state index < -0.39 is 11.9 Å². The van der Waals surface area contributed by atoms with Crippen molar-refractivity contribution in [2.45, 2.75) is 59.0 Å². The summed E-state index contributed by atoms with van der Waals surface area (Å²) in [5.74, 6) is -1.95. The third kappa shape index (κ3) is 4.02. The van der Waals surface area contributed by atoms with Gasteiger partial charge in [0, 0.05) is 36.8 Å². The number of carbonyl (C=O) groups excluding carboxylic acids is 1. The Labute approximate surface area is 187 Å². The Morgan fingerprint density at radius 3 is 2.78 bits per heavy atom. The van der Waals surface area contributed by atoms with Crippen LogP contribution in [0.15, 0.2) is 17.4 Å². The van der Waals surface area contributed by atoms with E-state index in [4.69, 9.17) is 9.72 Å². The van der Waals surface area contributed by atoms with Crippen molar-refractivity contribution in [2.75, 3.05) is 14.1 Å². The number of hydrogen-bond donors (Lipinski definition) is 2. The fourth-order valence-electron chi connectivity index (χ4n) is 4.84. The van der Waals surface area contributed by atoms with Crippen molar-refractivity contribution < 1.29 is 14.6 Å². The zero-order valence-corrected chi connectivity index (χ0v) is 19.7. The maximum Gasteiger partial charge on any atom is 0.250 e. The van der Waals surface area contributed by atoms with Gasteiger partial charge in [-0.2, -0.15) is 0 Å². The molecule has 3 aromatic rings. The summed E-state index contributed by atoms with van der Waals surface area (Å²) >= 11 is 0. The van der Waals surface area contributed by atoms with Crippen LogP contribution >= 0.6 is 0 Å². The molecule has 0 saturated heterocycles. The molecule has 1 aliphatic carbocycles. The lowest BCUT2D eigenvalue weighted by Crippen LogP contribution is -2.34. The SMILES string of the molecule is Cc1cc2c(C)nc3c(ncn3C3[C@@H](C)C(C(=O)N=CN(C)C)C[C@H]3OC(C)(C)O)c2[nH]1. The first kappa shape index (κ1) is 22.4. The average Bonchev–Trinajstić information content (AvgIpc) is 3.34. The number of hydrogen-bond acceptors (Lipinski definition) is 5. The highest BCUT2D eigenvalue weighted by Crippen LogP contribution is 2.45. The predicted molar refractivity (Wildman–Crippen MR) is 124 cm³/mol. The fourth-order valence-corrected chi connectivity index (χ4v) is 4.84. The van der Waals surface area contributed by atoms with Crippen LogP contribution in [0, 0.1) is 25.7 Å². The Hall–Kier alpha value is -2.78. The van der Waals surface area contributed by atoms with E-state index in [-0.39, 0.29) is 23.8 Å². The summed E-state index contributed by atoms with van der Waals surface area (Å²) in [6.45, 7) is 9.24. The van der Waals surface area contributed by atoms with Crippen molar-refractivity contribution in [1.82, 2.24) is 24.4 Å². The Bertz CT molecular complexity index is 1190. The van der Waals surface area contributed by atoms with Gasteiger partial charge in [0.2, 0.25) is 0 Å². The van der Waals surface area contributed by atoms with Gasteiger partial charge in [0.25, 0.3) is 5.91 Å². The van der Waals surface area contributed by atoms with Crippen LogP contribution in [0.25, 0.3) is 22.1 Å². The molecule has 1 amide bonds. The molecule has 0 radical (unpaired) electrons. The van der Waals surface area contributed by atoms with Crippen LogP contribution in [0.5, 0.6) is 0 Å². The first-order chi connectivity index (χ1) is 15.0. The van der Waals surface area contributed by atoms with E-state index in [0.717, 1.165) is 33.5 Å². The lowest BCUT2D eigenvalue weighted by Gasteiger charge is -2.30. The number of nitrogens with zero attached hydrogens (tertiary/aromatic N) is 5. The number of amides is 1. The Balaban J connectivity index is 1.80. The number of aromatic nitrogens is 4. The number of carbonyl (C=O) groups is 1. The Kier molecular flexibility index (Phi) is 5.58. The van der Waals surface area contributed by atoms with Crippen LogP contribution in [0.1, 0.15) is 44.6 Å². The molecular weight excluding hydrogens is 408 g/mol. The standard InChI is InChI=1S/C23H32N6O3/c1-12-8-16-14(3)27-21-19(18(16)26-12)24-11-29(21)20-13(2)15(22(30)25-10-28(6)7)9-17(20)32-23(4,5)31/h8,10-11,13,15,17,20,26,31H,9H2,1-7H3/t13-,15?,17+,20?/m0/s1. The number of nitrogens with one attached hydrogen (secondary N) is 1. The number of ether oxygens (including phenoxy) is 1. The number of aromatic amines is 1. The van der Waals surface area contributed by atoms with Gasteiger partial charge in [-0.1, -0.05) is 6.92 Å². The average molecular weight is 441 g/mol. The molecule has 9 nitrogen and oxygen atoms in total. The fraction of sp³-hybridized carbons (Fsp3) is 0.565. The number of aryl methyl sites for hydroxylation is 2. The summed E-state index contributed by atoms with van der Waals surface area (Å²) in [5, 5.41) is 11.4. The molecule has 0 spiro atoms. The normalized spacial score (nSPS) is 24.2. The summed E-state index contributed by atoms with van der Waals surface area (Å²) in [4.78, 5) is 31.7. The minimum Gasteiger partial charge on any atom is -0.369 e. The van der Waals surface area contributed by atoms with E-state index in [1.807, 2.05) is 39.4 Å². The van der Waals surface area contributed by atoms with E-state index in [9.17, 15) is 9.90 Å². The van der Waals surface area contributed by atoms with Gasteiger partial charge in [0.15, 0.2) is 11.4 Å². The van der Waals surface area contributed by atoms with E-state index in [1.54, 1.807) is 25.1 Å². The quantitative estimate of drug-likeness (QED) is 0.359. The van der Waals surface area contributed by atoms with E-state index in [2.05, 4.69) is 21.0 Å². The number of aliphatic imine (C=N–C) groups is 1. The van der Waals surface area contributed by atoms with Crippen molar-refractivity contribution in [3.63, 3.8) is 0 Å². The number of H-pyrrole nitrogens is 1. The first-order valence-corrected chi connectivity index (χ1v) is 10.9. The van der Waals surface area contributed by atoms with Gasteiger partial charge in [-0.05, 0) is 46.1 Å². The second kappa shape index (κ2) is 7.97. The van der Waals surface area contributed by atoms with Crippen LogP contribution in [-0.2, 0) is 9.53 Å². The summed E-state index contributed by atoms with van der Waals surface area (Å²) in [5.41, 5.74) is 4.44. The first-order valence-electron chi connectivity index (χ1n) is 10.9. The lowest BCUT2D eigenvalue weighted by atomic mass is 9.95. The molecule has 0 bridgehead atoms.